The zero-order chi connectivity index (χ0) is 20.1. The van der Waals surface area contributed by atoms with Crippen molar-refractivity contribution in [1.29, 1.82) is 0 Å². The van der Waals surface area contributed by atoms with Crippen LogP contribution in [0.25, 0.3) is 5.69 Å². The molecule has 1 amide bonds. The van der Waals surface area contributed by atoms with Crippen LogP contribution in [0.3, 0.4) is 0 Å². The molecule has 0 atom stereocenters. The monoisotopic (exact) mass is 388 g/mol. The molecule has 0 aliphatic carbocycles. The maximum Gasteiger partial charge on any atom is 0.387 e. The highest BCUT2D eigenvalue weighted by Crippen LogP contribution is 2.20. The Morgan fingerprint density at radius 1 is 1.11 bits per heavy atom. The van der Waals surface area contributed by atoms with Crippen molar-refractivity contribution < 1.29 is 23.0 Å². The van der Waals surface area contributed by atoms with Crippen LogP contribution >= 0.6 is 0 Å². The molecule has 0 fully saturated rings. The van der Waals surface area contributed by atoms with E-state index in [1.807, 2.05) is 6.92 Å². The Balaban J connectivity index is 1.81. The van der Waals surface area contributed by atoms with E-state index in [0.717, 1.165) is 0 Å². The Morgan fingerprint density at radius 2 is 1.75 bits per heavy atom. The lowest BCUT2D eigenvalue weighted by atomic mass is 10.2. The van der Waals surface area contributed by atoms with Crippen LogP contribution in [0.2, 0.25) is 0 Å². The van der Waals surface area contributed by atoms with Crippen LogP contribution in [0.4, 0.5) is 14.5 Å². The third-order valence-electron chi connectivity index (χ3n) is 3.97. The first-order chi connectivity index (χ1) is 13.5. The van der Waals surface area contributed by atoms with Gasteiger partial charge in [-0.3, -0.25) is 4.79 Å². The SMILES string of the molecule is CCc1c(C(=O)Nc2ccc(OC)cc2)nnn1-c1ccc(OC(F)F)cc1. The molecule has 1 N–H and O–H groups in total. The van der Waals surface area contributed by atoms with Crippen LogP contribution in [0.15, 0.2) is 48.5 Å². The molecule has 0 aliphatic heterocycles. The van der Waals surface area contributed by atoms with Gasteiger partial charge in [-0.1, -0.05) is 12.1 Å². The quantitative estimate of drug-likeness (QED) is 0.668. The number of rotatable bonds is 7. The normalized spacial score (nSPS) is 10.8. The number of hydrogen-bond acceptors (Lipinski definition) is 5. The highest BCUT2D eigenvalue weighted by molar-refractivity contribution is 6.03. The zero-order valence-corrected chi connectivity index (χ0v) is 15.2. The van der Waals surface area contributed by atoms with Gasteiger partial charge in [0.25, 0.3) is 5.91 Å². The average molecular weight is 388 g/mol. The Bertz CT molecular complexity index is 941. The van der Waals surface area contributed by atoms with Crippen molar-refractivity contribution >= 4 is 11.6 Å². The second-order valence-electron chi connectivity index (χ2n) is 5.71. The molecule has 9 heteroatoms. The van der Waals surface area contributed by atoms with Crippen molar-refractivity contribution in [2.24, 2.45) is 0 Å². The number of benzene rings is 2. The number of methoxy groups -OCH3 is 1. The van der Waals surface area contributed by atoms with Gasteiger partial charge in [-0.25, -0.2) is 4.68 Å². The van der Waals surface area contributed by atoms with Gasteiger partial charge in [-0.15, -0.1) is 5.10 Å². The fourth-order valence-corrected chi connectivity index (χ4v) is 2.64. The van der Waals surface area contributed by atoms with Crippen LogP contribution in [0, 0.1) is 0 Å². The number of alkyl halides is 2. The lowest BCUT2D eigenvalue weighted by molar-refractivity contribution is -0.0498. The second-order valence-corrected chi connectivity index (χ2v) is 5.71. The molecule has 1 heterocycles. The van der Waals surface area contributed by atoms with Crippen molar-refractivity contribution in [2.45, 2.75) is 20.0 Å². The Labute approximate surface area is 159 Å². The number of carbonyl (C=O) groups is 1. The number of ether oxygens (including phenoxy) is 2. The Hall–Kier alpha value is -3.49. The lowest BCUT2D eigenvalue weighted by Gasteiger charge is -2.09. The van der Waals surface area contributed by atoms with Gasteiger partial charge >= 0.3 is 6.61 Å². The maximum absolute atomic E-state index is 12.6. The van der Waals surface area contributed by atoms with Gasteiger partial charge in [0.15, 0.2) is 5.69 Å². The third-order valence-corrected chi connectivity index (χ3v) is 3.97. The predicted molar refractivity (Wildman–Crippen MR) is 98.3 cm³/mol. The topological polar surface area (TPSA) is 78.3 Å². The third kappa shape index (κ3) is 4.25. The van der Waals surface area contributed by atoms with Gasteiger partial charge in [0.05, 0.1) is 18.5 Å². The molecule has 28 heavy (non-hydrogen) atoms. The number of nitrogens with one attached hydrogen (secondary N) is 1. The summed E-state index contributed by atoms with van der Waals surface area (Å²) in [5, 5.41) is 10.8. The van der Waals surface area contributed by atoms with E-state index in [-0.39, 0.29) is 11.4 Å². The molecule has 1 aromatic heterocycles. The summed E-state index contributed by atoms with van der Waals surface area (Å²) in [5.41, 5.74) is 1.95. The predicted octanol–water partition coefficient (Wildman–Crippen LogP) is 3.69. The molecular formula is C19H18F2N4O3. The number of hydrogen-bond donors (Lipinski definition) is 1. The smallest absolute Gasteiger partial charge is 0.387 e. The summed E-state index contributed by atoms with van der Waals surface area (Å²) < 4.78 is 35.5. The van der Waals surface area contributed by atoms with Gasteiger partial charge in [0, 0.05) is 5.69 Å². The molecule has 3 aromatic rings. The Morgan fingerprint density at radius 3 is 2.32 bits per heavy atom. The summed E-state index contributed by atoms with van der Waals surface area (Å²) in [6, 6.07) is 12.8. The maximum atomic E-state index is 12.6. The van der Waals surface area contributed by atoms with E-state index >= 15 is 0 Å². The van der Waals surface area contributed by atoms with Crippen molar-refractivity contribution in [3.8, 4) is 17.2 Å². The first kappa shape index (κ1) is 19.3. The summed E-state index contributed by atoms with van der Waals surface area (Å²) >= 11 is 0. The van der Waals surface area contributed by atoms with E-state index in [4.69, 9.17) is 4.74 Å². The second kappa shape index (κ2) is 8.47. The first-order valence-electron chi connectivity index (χ1n) is 8.47. The number of aromatic nitrogens is 3. The molecule has 0 aliphatic rings. The molecular weight excluding hydrogens is 370 g/mol. The summed E-state index contributed by atoms with van der Waals surface area (Å²) in [6.45, 7) is -1.02. The van der Waals surface area contributed by atoms with E-state index in [0.29, 0.717) is 29.2 Å². The molecule has 0 saturated heterocycles. The summed E-state index contributed by atoms with van der Waals surface area (Å²) in [7, 11) is 1.56. The van der Waals surface area contributed by atoms with Gasteiger partial charge in [0.1, 0.15) is 11.5 Å². The van der Waals surface area contributed by atoms with Crippen molar-refractivity contribution in [2.75, 3.05) is 12.4 Å². The van der Waals surface area contributed by atoms with Crippen LogP contribution in [0.1, 0.15) is 23.1 Å². The molecule has 7 nitrogen and oxygen atoms in total. The average Bonchev–Trinajstić information content (AvgIpc) is 3.13. The standard InChI is InChI=1S/C19H18F2N4O3/c1-3-16-17(18(26)22-12-4-8-14(27-2)9-5-12)23-24-25(16)13-6-10-15(11-7-13)28-19(20)21/h4-11,19H,3H2,1-2H3,(H,22,26). The molecule has 0 saturated carbocycles. The molecule has 0 unspecified atom stereocenters. The van der Waals surface area contributed by atoms with Gasteiger partial charge in [-0.2, -0.15) is 8.78 Å². The molecule has 3 rings (SSSR count). The van der Waals surface area contributed by atoms with Gasteiger partial charge in [-0.05, 0) is 55.0 Å². The molecule has 0 radical (unpaired) electrons. The fraction of sp³-hybridized carbons (Fsp3) is 0.211. The van der Waals surface area contributed by atoms with Crippen LogP contribution in [0.5, 0.6) is 11.5 Å². The highest BCUT2D eigenvalue weighted by atomic mass is 19.3. The summed E-state index contributed by atoms with van der Waals surface area (Å²) in [5.74, 6) is 0.317. The van der Waals surface area contributed by atoms with E-state index in [1.54, 1.807) is 43.5 Å². The summed E-state index contributed by atoms with van der Waals surface area (Å²) in [4.78, 5) is 12.6. The summed E-state index contributed by atoms with van der Waals surface area (Å²) in [6.07, 6.45) is 0.494. The van der Waals surface area contributed by atoms with Crippen LogP contribution in [-0.2, 0) is 6.42 Å². The highest BCUT2D eigenvalue weighted by Gasteiger charge is 2.19. The van der Waals surface area contributed by atoms with E-state index in [9.17, 15) is 13.6 Å². The fourth-order valence-electron chi connectivity index (χ4n) is 2.64. The lowest BCUT2D eigenvalue weighted by Crippen LogP contribution is -2.15. The van der Waals surface area contributed by atoms with Crippen molar-refractivity contribution in [3.63, 3.8) is 0 Å². The molecule has 2 aromatic carbocycles. The van der Waals surface area contributed by atoms with Gasteiger partial charge in [0.2, 0.25) is 0 Å². The number of amides is 1. The van der Waals surface area contributed by atoms with E-state index in [2.05, 4.69) is 20.4 Å². The first-order valence-corrected chi connectivity index (χ1v) is 8.47. The minimum atomic E-state index is -2.89. The van der Waals surface area contributed by atoms with Crippen molar-refractivity contribution in [3.05, 3.63) is 59.9 Å². The molecule has 146 valence electrons. The van der Waals surface area contributed by atoms with Crippen LogP contribution < -0.4 is 14.8 Å². The van der Waals surface area contributed by atoms with Crippen molar-refractivity contribution in [1.82, 2.24) is 15.0 Å². The minimum absolute atomic E-state index is 0.0365. The number of anilines is 1. The molecule has 0 spiro atoms. The largest absolute Gasteiger partial charge is 0.497 e. The van der Waals surface area contributed by atoms with Crippen LogP contribution in [-0.4, -0.2) is 34.6 Å². The number of nitrogens with zero attached hydrogens (tertiary/aromatic N) is 3. The minimum Gasteiger partial charge on any atom is -0.497 e. The van der Waals surface area contributed by atoms with E-state index < -0.39 is 12.5 Å². The Kier molecular flexibility index (Phi) is 5.83. The number of halogens is 2. The molecule has 0 bridgehead atoms. The zero-order valence-electron chi connectivity index (χ0n) is 15.2. The number of carbonyl (C=O) groups excluding carboxylic acids is 1. The van der Waals surface area contributed by atoms with E-state index in [1.165, 1.54) is 16.8 Å². The van der Waals surface area contributed by atoms with Gasteiger partial charge < -0.3 is 14.8 Å².